The smallest absolute Gasteiger partial charge is 0.258 e. The Balaban J connectivity index is 1.91. The zero-order chi connectivity index (χ0) is 17.8. The van der Waals surface area contributed by atoms with Gasteiger partial charge in [-0.05, 0) is 35.9 Å². The molecule has 1 aromatic heterocycles. The second kappa shape index (κ2) is 7.26. The lowest BCUT2D eigenvalue weighted by Crippen LogP contribution is -1.87. The van der Waals surface area contributed by atoms with Gasteiger partial charge in [0.05, 0.1) is 16.2 Å². The zero-order valence-electron chi connectivity index (χ0n) is 12.7. The normalized spacial score (nSPS) is 11.1. The minimum absolute atomic E-state index is 0.0257. The van der Waals surface area contributed by atoms with Crippen LogP contribution in [0.15, 0.2) is 53.9 Å². The van der Waals surface area contributed by atoms with Crippen molar-refractivity contribution in [1.82, 2.24) is 4.98 Å². The van der Waals surface area contributed by atoms with Crippen LogP contribution in [0.1, 0.15) is 10.6 Å². The van der Waals surface area contributed by atoms with Crippen LogP contribution >= 0.6 is 22.9 Å². The summed E-state index contributed by atoms with van der Waals surface area (Å²) in [5, 5.41) is 23.1. The first-order valence-corrected chi connectivity index (χ1v) is 8.40. The lowest BCUT2D eigenvalue weighted by atomic mass is 10.1. The molecule has 0 saturated heterocycles. The number of aromatic nitrogens is 1. The van der Waals surface area contributed by atoms with Crippen LogP contribution in [-0.2, 0) is 0 Å². The summed E-state index contributed by atoms with van der Waals surface area (Å²) in [5.74, 6) is 0. The fourth-order valence-electron chi connectivity index (χ4n) is 2.19. The summed E-state index contributed by atoms with van der Waals surface area (Å²) >= 11 is 7.31. The van der Waals surface area contributed by atoms with Gasteiger partial charge in [0.15, 0.2) is 0 Å². The molecule has 2 aromatic carbocycles. The Morgan fingerprint density at radius 2 is 2.04 bits per heavy atom. The van der Waals surface area contributed by atoms with E-state index in [4.69, 9.17) is 11.6 Å². The van der Waals surface area contributed by atoms with E-state index in [0.29, 0.717) is 21.3 Å². The molecule has 0 bridgehead atoms. The van der Waals surface area contributed by atoms with Crippen molar-refractivity contribution < 1.29 is 4.92 Å². The van der Waals surface area contributed by atoms with Crippen LogP contribution < -0.4 is 0 Å². The minimum atomic E-state index is -0.447. The molecule has 0 fully saturated rings. The number of nitriles is 1. The number of non-ortho nitro benzene ring substituents is 1. The van der Waals surface area contributed by atoms with Crippen molar-refractivity contribution in [3.8, 4) is 17.3 Å². The number of allylic oxidation sites excluding steroid dienone is 1. The Morgan fingerprint density at radius 1 is 1.28 bits per heavy atom. The zero-order valence-corrected chi connectivity index (χ0v) is 14.3. The van der Waals surface area contributed by atoms with Gasteiger partial charge in [0.1, 0.15) is 11.1 Å². The van der Waals surface area contributed by atoms with E-state index < -0.39 is 4.92 Å². The van der Waals surface area contributed by atoms with E-state index >= 15 is 0 Å². The maximum Gasteiger partial charge on any atom is 0.269 e. The van der Waals surface area contributed by atoms with E-state index in [2.05, 4.69) is 11.1 Å². The fourth-order valence-corrected chi connectivity index (χ4v) is 3.18. The second-order valence-electron chi connectivity index (χ2n) is 5.07. The molecule has 0 aliphatic rings. The predicted molar refractivity (Wildman–Crippen MR) is 99.1 cm³/mol. The first-order valence-electron chi connectivity index (χ1n) is 7.15. The van der Waals surface area contributed by atoms with Gasteiger partial charge in [-0.25, -0.2) is 4.98 Å². The molecule has 25 heavy (non-hydrogen) atoms. The number of benzene rings is 2. The van der Waals surface area contributed by atoms with Crippen molar-refractivity contribution in [1.29, 1.82) is 5.26 Å². The molecule has 1 heterocycles. The van der Waals surface area contributed by atoms with Crippen molar-refractivity contribution in [2.45, 2.75) is 0 Å². The largest absolute Gasteiger partial charge is 0.269 e. The number of hydrogen-bond donors (Lipinski definition) is 0. The molecule has 7 heteroatoms. The number of nitrogens with zero attached hydrogens (tertiary/aromatic N) is 3. The van der Waals surface area contributed by atoms with E-state index in [-0.39, 0.29) is 5.69 Å². The summed E-state index contributed by atoms with van der Waals surface area (Å²) in [6.07, 6.45) is 1.73. The van der Waals surface area contributed by atoms with Crippen molar-refractivity contribution in [3.05, 3.63) is 79.6 Å². The summed E-state index contributed by atoms with van der Waals surface area (Å²) in [5.41, 5.74) is 2.70. The van der Waals surface area contributed by atoms with Crippen LogP contribution in [0, 0.1) is 21.4 Å². The minimum Gasteiger partial charge on any atom is -0.258 e. The monoisotopic (exact) mass is 367 g/mol. The summed E-state index contributed by atoms with van der Waals surface area (Å²) in [7, 11) is 0. The highest BCUT2D eigenvalue weighted by atomic mass is 35.5. The number of nitro benzene ring substituents is 1. The molecule has 5 nitrogen and oxygen atoms in total. The number of nitro groups is 1. The van der Waals surface area contributed by atoms with Crippen molar-refractivity contribution in [2.24, 2.45) is 0 Å². The predicted octanol–water partition coefficient (Wildman–Crippen LogP) is 5.44. The summed E-state index contributed by atoms with van der Waals surface area (Å²) in [6.45, 7) is 0. The summed E-state index contributed by atoms with van der Waals surface area (Å²) in [6, 6.07) is 15.5. The molecule has 0 unspecified atom stereocenters. The Morgan fingerprint density at radius 3 is 2.68 bits per heavy atom. The molecule has 0 aliphatic carbocycles. The van der Waals surface area contributed by atoms with Crippen molar-refractivity contribution in [3.63, 3.8) is 0 Å². The third-order valence-corrected chi connectivity index (χ3v) is 4.50. The highest BCUT2D eigenvalue weighted by Crippen LogP contribution is 2.28. The van der Waals surface area contributed by atoms with Crippen LogP contribution in [0.4, 0.5) is 5.69 Å². The van der Waals surface area contributed by atoms with Gasteiger partial charge < -0.3 is 0 Å². The number of rotatable bonds is 4. The van der Waals surface area contributed by atoms with Gasteiger partial charge in [0.2, 0.25) is 0 Å². The van der Waals surface area contributed by atoms with Crippen LogP contribution in [0.3, 0.4) is 0 Å². The maximum absolute atomic E-state index is 10.7. The average Bonchev–Trinajstić information content (AvgIpc) is 3.09. The SMILES string of the molecule is N#CC(=Cc1cccc(Cl)c1)c1nc(-c2ccc([N+](=O)[O-])cc2)cs1. The standard InChI is InChI=1S/C18H10ClN3O2S/c19-15-3-1-2-12(9-15)8-14(10-20)18-21-17(11-25-18)13-4-6-16(7-5-13)22(23)24/h1-9,11H. The Bertz CT molecular complexity index is 1000. The van der Waals surface area contributed by atoms with Gasteiger partial charge in [-0.3, -0.25) is 10.1 Å². The second-order valence-corrected chi connectivity index (χ2v) is 6.36. The Hall–Kier alpha value is -3.01. The van der Waals surface area contributed by atoms with Gasteiger partial charge >= 0.3 is 0 Å². The molecule has 3 rings (SSSR count). The van der Waals surface area contributed by atoms with Crippen LogP contribution in [0.25, 0.3) is 22.9 Å². The van der Waals surface area contributed by atoms with Crippen LogP contribution in [0.2, 0.25) is 5.02 Å². The van der Waals surface area contributed by atoms with E-state index in [9.17, 15) is 15.4 Å². The summed E-state index contributed by atoms with van der Waals surface area (Å²) < 4.78 is 0. The molecule has 0 radical (unpaired) electrons. The van der Waals surface area contributed by atoms with Gasteiger partial charge in [-0.1, -0.05) is 23.7 Å². The van der Waals surface area contributed by atoms with E-state index in [1.165, 1.54) is 23.5 Å². The molecule has 0 spiro atoms. The number of hydrogen-bond acceptors (Lipinski definition) is 5. The van der Waals surface area contributed by atoms with E-state index in [1.807, 2.05) is 17.5 Å². The first kappa shape index (κ1) is 16.8. The first-order chi connectivity index (χ1) is 12.1. The average molecular weight is 368 g/mol. The van der Waals surface area contributed by atoms with Crippen LogP contribution in [-0.4, -0.2) is 9.91 Å². The molecule has 122 valence electrons. The number of thiazole rings is 1. The number of halogens is 1. The summed E-state index contributed by atoms with van der Waals surface area (Å²) in [4.78, 5) is 14.7. The van der Waals surface area contributed by atoms with Gasteiger partial charge in [-0.2, -0.15) is 5.26 Å². The third-order valence-electron chi connectivity index (χ3n) is 3.39. The highest BCUT2D eigenvalue weighted by molar-refractivity contribution is 7.11. The van der Waals surface area contributed by atoms with Gasteiger partial charge in [-0.15, -0.1) is 11.3 Å². The Labute approximate surface area is 152 Å². The molecule has 0 saturated carbocycles. The molecule has 0 N–H and O–H groups in total. The maximum atomic E-state index is 10.7. The van der Waals surface area contributed by atoms with E-state index in [1.54, 1.807) is 30.3 Å². The molecular formula is C18H10ClN3O2S. The quantitative estimate of drug-likeness (QED) is 0.349. The van der Waals surface area contributed by atoms with Crippen LogP contribution in [0.5, 0.6) is 0 Å². The lowest BCUT2D eigenvalue weighted by Gasteiger charge is -1.97. The lowest BCUT2D eigenvalue weighted by molar-refractivity contribution is -0.384. The van der Waals surface area contributed by atoms with E-state index in [0.717, 1.165) is 11.1 Å². The van der Waals surface area contributed by atoms with Crippen molar-refractivity contribution >= 4 is 40.3 Å². The highest BCUT2D eigenvalue weighted by Gasteiger charge is 2.11. The Kier molecular flexibility index (Phi) is 4.89. The molecule has 3 aromatic rings. The topological polar surface area (TPSA) is 79.8 Å². The fraction of sp³-hybridized carbons (Fsp3) is 0. The van der Waals surface area contributed by atoms with Gasteiger partial charge in [0.25, 0.3) is 5.69 Å². The molecule has 0 atom stereocenters. The van der Waals surface area contributed by atoms with Crippen molar-refractivity contribution in [2.75, 3.05) is 0 Å². The third kappa shape index (κ3) is 3.91. The molecule has 0 aliphatic heterocycles. The molecule has 0 amide bonds. The van der Waals surface area contributed by atoms with Gasteiger partial charge in [0, 0.05) is 28.1 Å². The molecular weight excluding hydrogens is 358 g/mol.